The van der Waals surface area contributed by atoms with Crippen LogP contribution in [0.25, 0.3) is 5.57 Å². The Morgan fingerprint density at radius 3 is 2.44 bits per heavy atom. The van der Waals surface area contributed by atoms with Gasteiger partial charge >= 0.3 is 6.09 Å². The number of carbonyl (C=O) groups is 4. The number of aliphatic hydroxyl groups is 2. The Kier molecular flexibility index (Phi) is 6.32. The fourth-order valence-electron chi connectivity index (χ4n) is 6.35. The van der Waals surface area contributed by atoms with Crippen molar-refractivity contribution in [3.8, 4) is 5.75 Å². The van der Waals surface area contributed by atoms with Gasteiger partial charge < -0.3 is 30.7 Å². The second-order valence-corrected chi connectivity index (χ2v) is 11.6. The minimum Gasteiger partial charge on any atom is -0.511 e. The van der Waals surface area contributed by atoms with Crippen LogP contribution in [-0.2, 0) is 20.7 Å². The summed E-state index contributed by atoms with van der Waals surface area (Å²) in [7, 11) is 0. The lowest BCUT2D eigenvalue weighted by Gasteiger charge is -2.41. The summed E-state index contributed by atoms with van der Waals surface area (Å²) in [6.45, 7) is 6.19. The van der Waals surface area contributed by atoms with Gasteiger partial charge in [0, 0.05) is 25.1 Å². The Labute approximate surface area is 225 Å². The molecule has 0 bridgehead atoms. The van der Waals surface area contributed by atoms with E-state index >= 15 is 0 Å². The number of primary amides is 1. The fourth-order valence-corrected chi connectivity index (χ4v) is 6.35. The molecule has 0 aromatic heterocycles. The molecule has 10 heteroatoms. The van der Waals surface area contributed by atoms with Crippen molar-refractivity contribution < 1.29 is 39.2 Å². The molecular formula is C29H32N2O8. The van der Waals surface area contributed by atoms with Crippen LogP contribution in [0, 0.1) is 17.8 Å². The molecule has 0 saturated carbocycles. The quantitative estimate of drug-likeness (QED) is 0.417. The molecule has 4 aliphatic rings. The van der Waals surface area contributed by atoms with E-state index in [1.807, 2.05) is 6.08 Å². The first-order valence-electron chi connectivity index (χ1n) is 13.0. The SMILES string of the molecule is CC(C)(C)OC(=O)N1CC=C(c2ccc(O)c3c2CC2CC4CC(O)=C(C(N)=O)C(=O)C4C(O)=C2C3=O)CC1. The first-order valence-corrected chi connectivity index (χ1v) is 13.0. The average molecular weight is 537 g/mol. The van der Waals surface area contributed by atoms with E-state index in [1.54, 1.807) is 31.7 Å². The molecular weight excluding hydrogens is 504 g/mol. The number of fused-ring (bicyclic) bond motifs is 3. The van der Waals surface area contributed by atoms with Gasteiger partial charge in [0.1, 0.15) is 28.4 Å². The van der Waals surface area contributed by atoms with Crippen molar-refractivity contribution in [1.82, 2.24) is 4.90 Å². The van der Waals surface area contributed by atoms with Crippen LogP contribution >= 0.6 is 0 Å². The van der Waals surface area contributed by atoms with Crippen molar-refractivity contribution in [2.24, 2.45) is 23.5 Å². The highest BCUT2D eigenvalue weighted by Gasteiger charge is 2.50. The lowest BCUT2D eigenvalue weighted by Crippen LogP contribution is -2.43. The zero-order chi connectivity index (χ0) is 28.4. The van der Waals surface area contributed by atoms with Gasteiger partial charge in [0.15, 0.2) is 11.6 Å². The van der Waals surface area contributed by atoms with Crippen LogP contribution in [0.3, 0.4) is 0 Å². The second-order valence-electron chi connectivity index (χ2n) is 11.6. The third kappa shape index (κ3) is 4.47. The Hall–Kier alpha value is -4.08. The lowest BCUT2D eigenvalue weighted by molar-refractivity contribution is -0.126. The van der Waals surface area contributed by atoms with Crippen molar-refractivity contribution in [1.29, 1.82) is 0 Å². The summed E-state index contributed by atoms with van der Waals surface area (Å²) < 4.78 is 5.47. The van der Waals surface area contributed by atoms with Gasteiger partial charge in [-0.1, -0.05) is 12.1 Å². The number of rotatable bonds is 2. The molecule has 10 nitrogen and oxygen atoms in total. The minimum atomic E-state index is -1.15. The number of amides is 2. The number of nitrogens with two attached hydrogens (primary N) is 1. The van der Waals surface area contributed by atoms with E-state index in [-0.39, 0.29) is 23.3 Å². The van der Waals surface area contributed by atoms with E-state index < -0.39 is 64.0 Å². The number of ketones is 2. The number of allylic oxidation sites excluding steroid dienone is 3. The van der Waals surface area contributed by atoms with Gasteiger partial charge in [0.25, 0.3) is 5.91 Å². The summed E-state index contributed by atoms with van der Waals surface area (Å²) in [6.07, 6.45) is 2.69. The molecule has 39 heavy (non-hydrogen) atoms. The van der Waals surface area contributed by atoms with Crippen LogP contribution in [0.4, 0.5) is 4.79 Å². The van der Waals surface area contributed by atoms with Crippen LogP contribution in [0.15, 0.2) is 40.9 Å². The van der Waals surface area contributed by atoms with Gasteiger partial charge in [0.2, 0.25) is 0 Å². The summed E-state index contributed by atoms with van der Waals surface area (Å²) in [5.74, 6) is -5.56. The second kappa shape index (κ2) is 9.29. The highest BCUT2D eigenvalue weighted by Crippen LogP contribution is 2.50. The average Bonchev–Trinajstić information content (AvgIpc) is 2.82. The van der Waals surface area contributed by atoms with Crippen LogP contribution < -0.4 is 5.73 Å². The van der Waals surface area contributed by atoms with Crippen LogP contribution in [0.2, 0.25) is 0 Å². The maximum Gasteiger partial charge on any atom is 0.410 e. The molecule has 206 valence electrons. The van der Waals surface area contributed by atoms with Gasteiger partial charge in [-0.3, -0.25) is 14.4 Å². The number of hydrogen-bond acceptors (Lipinski definition) is 8. The molecule has 0 fully saturated rings. The zero-order valence-electron chi connectivity index (χ0n) is 22.1. The molecule has 1 aliphatic heterocycles. The fraction of sp³-hybridized carbons (Fsp3) is 0.448. The molecule has 0 spiro atoms. The molecule has 3 aliphatic carbocycles. The van der Waals surface area contributed by atoms with Gasteiger partial charge in [0.05, 0.1) is 11.5 Å². The Morgan fingerprint density at radius 2 is 1.82 bits per heavy atom. The Bertz CT molecular complexity index is 1410. The molecule has 3 unspecified atom stereocenters. The number of Topliss-reactive ketones (excluding diaryl/α,β-unsaturated/α-hetero) is 2. The summed E-state index contributed by atoms with van der Waals surface area (Å²) in [5.41, 5.74) is 6.65. The van der Waals surface area contributed by atoms with E-state index in [9.17, 15) is 34.5 Å². The number of nitrogens with zero attached hydrogens (tertiary/aromatic N) is 1. The largest absolute Gasteiger partial charge is 0.511 e. The number of phenolic OH excluding ortho intramolecular Hbond substituents is 1. The van der Waals surface area contributed by atoms with Gasteiger partial charge in [-0.05, 0) is 74.6 Å². The monoisotopic (exact) mass is 536 g/mol. The van der Waals surface area contributed by atoms with Crippen LogP contribution in [0.5, 0.6) is 5.75 Å². The summed E-state index contributed by atoms with van der Waals surface area (Å²) in [5, 5.41) is 32.2. The van der Waals surface area contributed by atoms with Crippen molar-refractivity contribution in [3.05, 3.63) is 57.6 Å². The maximum absolute atomic E-state index is 13.7. The maximum atomic E-state index is 13.7. The van der Waals surface area contributed by atoms with Crippen molar-refractivity contribution in [2.75, 3.05) is 13.1 Å². The molecule has 1 heterocycles. The number of ether oxygens (including phenoxy) is 1. The molecule has 1 aromatic carbocycles. The van der Waals surface area contributed by atoms with E-state index in [4.69, 9.17) is 10.5 Å². The highest BCUT2D eigenvalue weighted by atomic mass is 16.6. The summed E-state index contributed by atoms with van der Waals surface area (Å²) >= 11 is 0. The van der Waals surface area contributed by atoms with Crippen LogP contribution in [0.1, 0.15) is 61.5 Å². The summed E-state index contributed by atoms with van der Waals surface area (Å²) in [4.78, 5) is 52.6. The number of hydrogen-bond donors (Lipinski definition) is 4. The molecule has 0 radical (unpaired) electrons. The zero-order valence-corrected chi connectivity index (χ0v) is 22.1. The van der Waals surface area contributed by atoms with Crippen molar-refractivity contribution >= 4 is 29.1 Å². The topological polar surface area (TPSA) is 167 Å². The Balaban J connectivity index is 1.49. The number of aromatic hydroxyl groups is 1. The predicted molar refractivity (Wildman–Crippen MR) is 140 cm³/mol. The van der Waals surface area contributed by atoms with Gasteiger partial charge in [-0.15, -0.1) is 0 Å². The molecule has 5 rings (SSSR count). The van der Waals surface area contributed by atoms with E-state index in [2.05, 4.69) is 0 Å². The van der Waals surface area contributed by atoms with E-state index in [0.717, 1.165) is 11.1 Å². The minimum absolute atomic E-state index is 0.0118. The smallest absolute Gasteiger partial charge is 0.410 e. The Morgan fingerprint density at radius 1 is 1.10 bits per heavy atom. The molecule has 1 aromatic rings. The summed E-state index contributed by atoms with van der Waals surface area (Å²) in [6, 6.07) is 3.20. The third-order valence-corrected chi connectivity index (χ3v) is 7.98. The van der Waals surface area contributed by atoms with Crippen molar-refractivity contribution in [2.45, 2.75) is 52.1 Å². The standard InChI is InChI=1S/C29H32N2O8/c1-29(2,3)39-28(38)31-8-6-13(7-9-31)16-4-5-18(32)22-17(16)11-14-10-15-12-19(33)23(27(30)37)26(36)21(15)24(34)20(14)25(22)35/h4-6,14-15,21,32-34H,7-12H2,1-3H3,(H2,30,37). The number of benzene rings is 1. The van der Waals surface area contributed by atoms with E-state index in [0.29, 0.717) is 37.9 Å². The van der Waals surface area contributed by atoms with Crippen molar-refractivity contribution in [3.63, 3.8) is 0 Å². The lowest BCUT2D eigenvalue weighted by atomic mass is 9.62. The third-order valence-electron chi connectivity index (χ3n) is 7.98. The van der Waals surface area contributed by atoms with E-state index in [1.165, 1.54) is 6.07 Å². The molecule has 3 atom stereocenters. The number of aliphatic hydroxyl groups excluding tert-OH is 2. The van der Waals surface area contributed by atoms with Gasteiger partial charge in [-0.2, -0.15) is 0 Å². The number of carbonyl (C=O) groups excluding carboxylic acids is 4. The molecule has 2 amide bonds. The molecule has 5 N–H and O–H groups in total. The normalized spacial score (nSPS) is 25.1. The van der Waals surface area contributed by atoms with Gasteiger partial charge in [-0.25, -0.2) is 4.79 Å². The predicted octanol–water partition coefficient (Wildman–Crippen LogP) is 3.49. The highest BCUT2D eigenvalue weighted by molar-refractivity contribution is 6.22. The van der Waals surface area contributed by atoms with Crippen LogP contribution in [-0.4, -0.2) is 62.5 Å². The molecule has 0 saturated heterocycles. The first-order chi connectivity index (χ1) is 18.3. The number of phenols is 1. The first kappa shape index (κ1) is 26.5.